The van der Waals surface area contributed by atoms with E-state index in [4.69, 9.17) is 9.47 Å². The lowest BCUT2D eigenvalue weighted by atomic mass is 10.2. The summed E-state index contributed by atoms with van der Waals surface area (Å²) in [5.41, 5.74) is 1.70. The van der Waals surface area contributed by atoms with Crippen LogP contribution in [-0.2, 0) is 5.75 Å². The van der Waals surface area contributed by atoms with Gasteiger partial charge in [-0.25, -0.2) is 4.39 Å². The van der Waals surface area contributed by atoms with E-state index in [1.807, 2.05) is 34.9 Å². The molecule has 7 heteroatoms. The number of thioether (sulfide) groups is 1. The molecule has 0 fully saturated rings. The number of halogens is 1. The van der Waals surface area contributed by atoms with Crippen molar-refractivity contribution < 1.29 is 13.9 Å². The third-order valence-corrected chi connectivity index (χ3v) is 4.46. The zero-order chi connectivity index (χ0) is 16.9. The molecule has 0 aliphatic heterocycles. The summed E-state index contributed by atoms with van der Waals surface area (Å²) in [5.74, 6) is 1.16. The van der Waals surface area contributed by atoms with Crippen LogP contribution in [0.3, 0.4) is 0 Å². The Hall–Kier alpha value is -2.54. The molecule has 0 saturated heterocycles. The summed E-state index contributed by atoms with van der Waals surface area (Å²) in [4.78, 5) is 0. The molecule has 1 aromatic heterocycles. The number of rotatable bonds is 6. The van der Waals surface area contributed by atoms with Gasteiger partial charge in [-0.05, 0) is 29.8 Å². The number of ether oxygens (including phenoxy) is 2. The van der Waals surface area contributed by atoms with Crippen molar-refractivity contribution in [3.05, 3.63) is 60.2 Å². The molecule has 0 radical (unpaired) electrons. The van der Waals surface area contributed by atoms with E-state index in [1.165, 1.54) is 24.9 Å². The topological polar surface area (TPSA) is 49.2 Å². The third kappa shape index (κ3) is 3.35. The van der Waals surface area contributed by atoms with Gasteiger partial charge >= 0.3 is 0 Å². The van der Waals surface area contributed by atoms with Crippen molar-refractivity contribution in [3.63, 3.8) is 0 Å². The highest BCUT2D eigenvalue weighted by Gasteiger charge is 2.12. The van der Waals surface area contributed by atoms with Crippen LogP contribution in [0.25, 0.3) is 5.69 Å². The highest BCUT2D eigenvalue weighted by atomic mass is 32.2. The highest BCUT2D eigenvalue weighted by molar-refractivity contribution is 7.98. The average molecular weight is 345 g/mol. The predicted octanol–water partition coefficient (Wildman–Crippen LogP) is 3.72. The summed E-state index contributed by atoms with van der Waals surface area (Å²) in [6.07, 6.45) is 1.63. The van der Waals surface area contributed by atoms with Crippen molar-refractivity contribution in [2.45, 2.75) is 10.9 Å². The SMILES string of the molecule is COc1ccc(CSc2nncn2-c2ccccc2OC)cc1F. The van der Waals surface area contributed by atoms with Crippen LogP contribution in [-0.4, -0.2) is 29.0 Å². The van der Waals surface area contributed by atoms with Crippen molar-refractivity contribution in [2.75, 3.05) is 14.2 Å². The van der Waals surface area contributed by atoms with E-state index in [1.54, 1.807) is 19.5 Å². The molecule has 3 aromatic rings. The van der Waals surface area contributed by atoms with E-state index >= 15 is 0 Å². The molecule has 0 unspecified atom stereocenters. The van der Waals surface area contributed by atoms with E-state index < -0.39 is 0 Å². The molecule has 0 aliphatic carbocycles. The number of aromatic nitrogens is 3. The zero-order valence-electron chi connectivity index (χ0n) is 13.3. The Labute approximate surface area is 143 Å². The fraction of sp³-hybridized carbons (Fsp3) is 0.176. The first-order chi connectivity index (χ1) is 11.7. The molecule has 0 aliphatic rings. The van der Waals surface area contributed by atoms with Gasteiger partial charge in [-0.1, -0.05) is 30.0 Å². The summed E-state index contributed by atoms with van der Waals surface area (Å²) < 4.78 is 25.9. The second-order valence-electron chi connectivity index (χ2n) is 4.91. The van der Waals surface area contributed by atoms with Crippen LogP contribution in [0.15, 0.2) is 53.9 Å². The Morgan fingerprint density at radius 1 is 1.08 bits per heavy atom. The third-order valence-electron chi connectivity index (χ3n) is 3.45. The van der Waals surface area contributed by atoms with Gasteiger partial charge in [0.15, 0.2) is 16.7 Å². The lowest BCUT2D eigenvalue weighted by molar-refractivity contribution is 0.386. The van der Waals surface area contributed by atoms with Crippen molar-refractivity contribution in [1.82, 2.24) is 14.8 Å². The van der Waals surface area contributed by atoms with E-state index in [9.17, 15) is 4.39 Å². The summed E-state index contributed by atoms with van der Waals surface area (Å²) >= 11 is 1.47. The molecular formula is C17H16FN3O2S. The molecule has 3 rings (SSSR count). The molecule has 0 N–H and O–H groups in total. The number of nitrogens with zero attached hydrogens (tertiary/aromatic N) is 3. The number of methoxy groups -OCH3 is 2. The molecule has 0 spiro atoms. The van der Waals surface area contributed by atoms with Gasteiger partial charge in [-0.15, -0.1) is 10.2 Å². The van der Waals surface area contributed by atoms with Crippen LogP contribution in [0.2, 0.25) is 0 Å². The molecule has 1 heterocycles. The highest BCUT2D eigenvalue weighted by Crippen LogP contribution is 2.29. The minimum atomic E-state index is -0.373. The number of benzene rings is 2. The Kier molecular flexibility index (Phi) is 5.00. The monoisotopic (exact) mass is 345 g/mol. The molecule has 124 valence electrons. The van der Waals surface area contributed by atoms with Crippen molar-refractivity contribution in [1.29, 1.82) is 0 Å². The van der Waals surface area contributed by atoms with Crippen LogP contribution in [0, 0.1) is 5.82 Å². The number of hydrogen-bond acceptors (Lipinski definition) is 5. The zero-order valence-corrected chi connectivity index (χ0v) is 14.1. The summed E-state index contributed by atoms with van der Waals surface area (Å²) in [6.45, 7) is 0. The fourth-order valence-electron chi connectivity index (χ4n) is 2.26. The summed E-state index contributed by atoms with van der Waals surface area (Å²) in [5, 5.41) is 8.82. The maximum atomic E-state index is 13.8. The van der Waals surface area contributed by atoms with E-state index in [-0.39, 0.29) is 11.6 Å². The fourth-order valence-corrected chi connectivity index (χ4v) is 3.13. The number of hydrogen-bond donors (Lipinski definition) is 0. The van der Waals surface area contributed by atoms with Gasteiger partial charge < -0.3 is 9.47 Å². The van der Waals surface area contributed by atoms with Gasteiger partial charge in [-0.3, -0.25) is 4.57 Å². The lowest BCUT2D eigenvalue weighted by Crippen LogP contribution is -1.99. The van der Waals surface area contributed by atoms with Crippen LogP contribution < -0.4 is 9.47 Å². The van der Waals surface area contributed by atoms with E-state index in [2.05, 4.69) is 10.2 Å². The summed E-state index contributed by atoms with van der Waals surface area (Å²) in [7, 11) is 3.07. The Bertz CT molecular complexity index is 838. The maximum absolute atomic E-state index is 13.8. The molecular weight excluding hydrogens is 329 g/mol. The largest absolute Gasteiger partial charge is 0.495 e. The number of para-hydroxylation sites is 2. The van der Waals surface area contributed by atoms with Crippen molar-refractivity contribution in [2.24, 2.45) is 0 Å². The molecule has 24 heavy (non-hydrogen) atoms. The van der Waals surface area contributed by atoms with E-state index in [0.29, 0.717) is 10.9 Å². The maximum Gasteiger partial charge on any atom is 0.196 e. The molecule has 0 atom stereocenters. The van der Waals surface area contributed by atoms with Crippen LogP contribution in [0.5, 0.6) is 11.5 Å². The smallest absolute Gasteiger partial charge is 0.196 e. The molecule has 0 bridgehead atoms. The Balaban J connectivity index is 1.80. The second-order valence-corrected chi connectivity index (χ2v) is 5.86. The minimum absolute atomic E-state index is 0.237. The first-order valence-electron chi connectivity index (χ1n) is 7.21. The van der Waals surface area contributed by atoms with Gasteiger partial charge in [0.05, 0.1) is 19.9 Å². The predicted molar refractivity (Wildman–Crippen MR) is 90.4 cm³/mol. The van der Waals surface area contributed by atoms with Crippen molar-refractivity contribution >= 4 is 11.8 Å². The van der Waals surface area contributed by atoms with Gasteiger partial charge in [0, 0.05) is 5.75 Å². The first kappa shape index (κ1) is 16.3. The van der Waals surface area contributed by atoms with Gasteiger partial charge in [0.25, 0.3) is 0 Å². The van der Waals surface area contributed by atoms with Crippen molar-refractivity contribution in [3.8, 4) is 17.2 Å². The Morgan fingerprint density at radius 3 is 2.62 bits per heavy atom. The normalized spacial score (nSPS) is 10.6. The first-order valence-corrected chi connectivity index (χ1v) is 8.20. The van der Waals surface area contributed by atoms with E-state index in [0.717, 1.165) is 17.0 Å². The lowest BCUT2D eigenvalue weighted by Gasteiger charge is -2.10. The average Bonchev–Trinajstić information content (AvgIpc) is 3.08. The molecule has 5 nitrogen and oxygen atoms in total. The minimum Gasteiger partial charge on any atom is -0.495 e. The second kappa shape index (κ2) is 7.35. The quantitative estimate of drug-likeness (QED) is 0.637. The summed E-state index contributed by atoms with van der Waals surface area (Å²) in [6, 6.07) is 12.6. The van der Waals surface area contributed by atoms with Crippen LogP contribution >= 0.6 is 11.8 Å². The van der Waals surface area contributed by atoms with Crippen LogP contribution in [0.1, 0.15) is 5.56 Å². The molecule has 0 saturated carbocycles. The standard InChI is InChI=1S/C17H16FN3O2S/c1-22-15-8-7-12(9-13(15)18)10-24-17-20-19-11-21(17)14-5-3-4-6-16(14)23-2/h3-9,11H,10H2,1-2H3. The van der Waals surface area contributed by atoms with Gasteiger partial charge in [0.1, 0.15) is 12.1 Å². The van der Waals surface area contributed by atoms with Gasteiger partial charge in [-0.2, -0.15) is 0 Å². The molecule has 0 amide bonds. The Morgan fingerprint density at radius 2 is 1.88 bits per heavy atom. The van der Waals surface area contributed by atoms with Gasteiger partial charge in [0.2, 0.25) is 0 Å². The molecule has 2 aromatic carbocycles. The van der Waals surface area contributed by atoms with Crippen LogP contribution in [0.4, 0.5) is 4.39 Å².